The van der Waals surface area contributed by atoms with Gasteiger partial charge in [-0.1, -0.05) is 12.1 Å². The molecule has 3 rings (SSSR count). The number of aryl methyl sites for hydroxylation is 3. The van der Waals surface area contributed by atoms with E-state index >= 15 is 0 Å². The van der Waals surface area contributed by atoms with E-state index in [-0.39, 0.29) is 10.3 Å². The second-order valence-corrected chi connectivity index (χ2v) is 7.68. The van der Waals surface area contributed by atoms with Gasteiger partial charge in [-0.15, -0.1) is 0 Å². The maximum atomic E-state index is 12.7. The van der Waals surface area contributed by atoms with Crippen LogP contribution in [0.1, 0.15) is 18.1 Å². The SMILES string of the molecule is CCn1c(=O)oc(=O)c2cc(S(=O)(=O)Nc3cc(C)ccc3C)ccc21. The molecule has 0 aliphatic heterocycles. The molecule has 0 aliphatic carbocycles. The molecular weight excluding hydrogens is 356 g/mol. The van der Waals surface area contributed by atoms with Crippen molar-refractivity contribution in [2.45, 2.75) is 32.2 Å². The molecule has 0 atom stereocenters. The Kier molecular flexibility index (Phi) is 4.45. The van der Waals surface area contributed by atoms with Crippen LogP contribution in [-0.4, -0.2) is 13.0 Å². The summed E-state index contributed by atoms with van der Waals surface area (Å²) in [4.78, 5) is 23.7. The fraction of sp³-hybridized carbons (Fsp3) is 0.222. The first-order chi connectivity index (χ1) is 12.2. The summed E-state index contributed by atoms with van der Waals surface area (Å²) in [6.45, 7) is 5.69. The zero-order valence-electron chi connectivity index (χ0n) is 14.6. The molecule has 0 saturated carbocycles. The van der Waals surface area contributed by atoms with Crippen molar-refractivity contribution in [1.29, 1.82) is 0 Å². The van der Waals surface area contributed by atoms with E-state index in [1.54, 1.807) is 19.9 Å². The Bertz CT molecular complexity index is 1220. The molecule has 0 aliphatic rings. The van der Waals surface area contributed by atoms with Crippen molar-refractivity contribution in [2.75, 3.05) is 4.72 Å². The van der Waals surface area contributed by atoms with Gasteiger partial charge in [-0.25, -0.2) is 18.0 Å². The van der Waals surface area contributed by atoms with Crippen molar-refractivity contribution in [3.05, 3.63) is 68.5 Å². The number of nitrogens with zero attached hydrogens (tertiary/aromatic N) is 1. The molecule has 26 heavy (non-hydrogen) atoms. The number of aromatic nitrogens is 1. The first kappa shape index (κ1) is 17.9. The number of fused-ring (bicyclic) bond motifs is 1. The van der Waals surface area contributed by atoms with Crippen LogP contribution in [0.15, 0.2) is 55.3 Å². The van der Waals surface area contributed by atoms with Crippen molar-refractivity contribution in [3.8, 4) is 0 Å². The van der Waals surface area contributed by atoms with Gasteiger partial charge in [0.25, 0.3) is 10.0 Å². The standard InChI is InChI=1S/C18H18N2O5S/c1-4-20-16-8-7-13(10-14(16)17(21)25-18(20)22)26(23,24)19-15-9-11(2)5-6-12(15)3/h5-10,19H,4H2,1-3H3. The first-order valence-electron chi connectivity index (χ1n) is 8.00. The highest BCUT2D eigenvalue weighted by atomic mass is 32.2. The Labute approximate surface area is 149 Å². The molecule has 0 radical (unpaired) electrons. The average molecular weight is 374 g/mol. The van der Waals surface area contributed by atoms with Crippen LogP contribution in [0.5, 0.6) is 0 Å². The lowest BCUT2D eigenvalue weighted by Gasteiger charge is -2.12. The van der Waals surface area contributed by atoms with Crippen LogP contribution in [0.3, 0.4) is 0 Å². The van der Waals surface area contributed by atoms with E-state index in [4.69, 9.17) is 0 Å². The van der Waals surface area contributed by atoms with Gasteiger partial charge in [-0.3, -0.25) is 9.29 Å². The molecule has 2 aromatic carbocycles. The summed E-state index contributed by atoms with van der Waals surface area (Å²) in [7, 11) is -3.91. The Morgan fingerprint density at radius 1 is 1.08 bits per heavy atom. The second kappa shape index (κ2) is 6.45. The lowest BCUT2D eigenvalue weighted by molar-refractivity contribution is 0.421. The van der Waals surface area contributed by atoms with Crippen LogP contribution in [0.4, 0.5) is 5.69 Å². The van der Waals surface area contributed by atoms with Gasteiger partial charge in [0.15, 0.2) is 0 Å². The molecule has 136 valence electrons. The largest absolute Gasteiger partial charge is 0.422 e. The smallest absolute Gasteiger partial charge is 0.372 e. The molecule has 8 heteroatoms. The van der Waals surface area contributed by atoms with E-state index < -0.39 is 21.4 Å². The van der Waals surface area contributed by atoms with Crippen LogP contribution in [0, 0.1) is 13.8 Å². The van der Waals surface area contributed by atoms with Crippen molar-refractivity contribution < 1.29 is 12.8 Å². The molecular formula is C18H18N2O5S. The van der Waals surface area contributed by atoms with E-state index in [0.29, 0.717) is 17.7 Å². The highest BCUT2D eigenvalue weighted by Crippen LogP contribution is 2.22. The van der Waals surface area contributed by atoms with Gasteiger partial charge in [0.1, 0.15) is 0 Å². The molecule has 0 saturated heterocycles. The average Bonchev–Trinajstić information content (AvgIpc) is 2.58. The summed E-state index contributed by atoms with van der Waals surface area (Å²) in [6.07, 6.45) is 0. The minimum Gasteiger partial charge on any atom is -0.372 e. The van der Waals surface area contributed by atoms with Gasteiger partial charge >= 0.3 is 11.4 Å². The highest BCUT2D eigenvalue weighted by Gasteiger charge is 2.18. The molecule has 0 bridgehead atoms. The summed E-state index contributed by atoms with van der Waals surface area (Å²) in [5.41, 5.74) is 1.63. The quantitative estimate of drug-likeness (QED) is 0.756. The zero-order valence-corrected chi connectivity index (χ0v) is 15.4. The van der Waals surface area contributed by atoms with Crippen LogP contribution in [0.25, 0.3) is 10.9 Å². The molecule has 1 aromatic heterocycles. The molecule has 1 N–H and O–H groups in total. The zero-order chi connectivity index (χ0) is 19.1. The topological polar surface area (TPSA) is 98.4 Å². The van der Waals surface area contributed by atoms with Crippen molar-refractivity contribution in [2.24, 2.45) is 0 Å². The van der Waals surface area contributed by atoms with E-state index in [9.17, 15) is 18.0 Å². The van der Waals surface area contributed by atoms with E-state index in [1.165, 1.54) is 22.8 Å². The predicted molar refractivity (Wildman–Crippen MR) is 99.1 cm³/mol. The Morgan fingerprint density at radius 3 is 2.50 bits per heavy atom. The molecule has 0 spiro atoms. The maximum Gasteiger partial charge on any atom is 0.422 e. The second-order valence-electron chi connectivity index (χ2n) is 6.00. The third-order valence-corrected chi connectivity index (χ3v) is 5.51. The van der Waals surface area contributed by atoms with Gasteiger partial charge in [0, 0.05) is 6.54 Å². The number of hydrogen-bond donors (Lipinski definition) is 1. The van der Waals surface area contributed by atoms with Crippen molar-refractivity contribution in [1.82, 2.24) is 4.57 Å². The Balaban J connectivity index is 2.14. The lowest BCUT2D eigenvalue weighted by Crippen LogP contribution is -2.24. The van der Waals surface area contributed by atoms with E-state index in [2.05, 4.69) is 9.14 Å². The van der Waals surface area contributed by atoms with Gasteiger partial charge in [0.2, 0.25) is 0 Å². The van der Waals surface area contributed by atoms with E-state index in [0.717, 1.165) is 11.1 Å². The van der Waals surface area contributed by atoms with Crippen molar-refractivity contribution in [3.63, 3.8) is 0 Å². The molecule has 0 unspecified atom stereocenters. The highest BCUT2D eigenvalue weighted by molar-refractivity contribution is 7.92. The summed E-state index contributed by atoms with van der Waals surface area (Å²) in [5.74, 6) is -0.769. The summed E-state index contributed by atoms with van der Waals surface area (Å²) < 4.78 is 33.9. The third-order valence-electron chi connectivity index (χ3n) is 4.14. The summed E-state index contributed by atoms with van der Waals surface area (Å²) in [5, 5.41) is 0.0373. The first-order valence-corrected chi connectivity index (χ1v) is 9.49. The number of anilines is 1. The lowest BCUT2D eigenvalue weighted by atomic mass is 10.1. The molecule has 1 heterocycles. The number of sulfonamides is 1. The number of nitrogens with one attached hydrogen (secondary N) is 1. The normalized spacial score (nSPS) is 11.7. The molecule has 3 aromatic rings. The summed E-state index contributed by atoms with van der Waals surface area (Å²) >= 11 is 0. The van der Waals surface area contributed by atoms with Crippen molar-refractivity contribution >= 4 is 26.6 Å². The van der Waals surface area contributed by atoms with Gasteiger partial charge in [-0.2, -0.15) is 0 Å². The summed E-state index contributed by atoms with van der Waals surface area (Å²) in [6, 6.07) is 9.47. The van der Waals surface area contributed by atoms with Crippen LogP contribution >= 0.6 is 0 Å². The van der Waals surface area contributed by atoms with Gasteiger partial charge in [-0.05, 0) is 56.2 Å². The van der Waals surface area contributed by atoms with Gasteiger partial charge < -0.3 is 4.42 Å². The molecule has 7 nitrogen and oxygen atoms in total. The van der Waals surface area contributed by atoms with Crippen LogP contribution < -0.4 is 16.1 Å². The third kappa shape index (κ3) is 3.15. The van der Waals surface area contributed by atoms with Crippen LogP contribution in [-0.2, 0) is 16.6 Å². The molecule has 0 fully saturated rings. The number of rotatable bonds is 4. The maximum absolute atomic E-state index is 12.7. The number of benzene rings is 2. The number of hydrogen-bond acceptors (Lipinski definition) is 5. The monoisotopic (exact) mass is 374 g/mol. The fourth-order valence-corrected chi connectivity index (χ4v) is 3.87. The Hall–Kier alpha value is -2.87. The fourth-order valence-electron chi connectivity index (χ4n) is 2.72. The minimum atomic E-state index is -3.91. The van der Waals surface area contributed by atoms with Crippen LogP contribution in [0.2, 0.25) is 0 Å². The van der Waals surface area contributed by atoms with E-state index in [1.807, 2.05) is 19.1 Å². The van der Waals surface area contributed by atoms with Gasteiger partial charge in [0.05, 0.1) is 21.5 Å². The predicted octanol–water partition coefficient (Wildman–Crippen LogP) is 2.39. The minimum absolute atomic E-state index is 0.0373. The Morgan fingerprint density at radius 2 is 1.81 bits per heavy atom. The molecule has 0 amide bonds.